The van der Waals surface area contributed by atoms with Gasteiger partial charge >= 0.3 is 11.7 Å². The van der Waals surface area contributed by atoms with E-state index in [9.17, 15) is 20.0 Å². The average Bonchev–Trinajstić information content (AvgIpc) is 2.79. The second-order valence-corrected chi connectivity index (χ2v) is 6.90. The molecule has 0 bridgehead atoms. The number of aromatic hydroxyl groups is 1. The molecule has 156 valence electrons. The van der Waals surface area contributed by atoms with Gasteiger partial charge in [0.05, 0.1) is 23.8 Å². The van der Waals surface area contributed by atoms with Crippen molar-refractivity contribution in [1.29, 1.82) is 0 Å². The summed E-state index contributed by atoms with van der Waals surface area (Å²) in [5.41, 5.74) is 2.85. The largest absolute Gasteiger partial charge is 0.500 e. The number of benzene rings is 3. The van der Waals surface area contributed by atoms with E-state index in [1.165, 1.54) is 19.2 Å². The molecule has 3 aromatic carbocycles. The van der Waals surface area contributed by atoms with Crippen LogP contribution in [0.1, 0.15) is 22.7 Å². The highest BCUT2D eigenvalue weighted by molar-refractivity contribution is 6.03. The Labute approximate surface area is 177 Å². The predicted molar refractivity (Wildman–Crippen MR) is 115 cm³/mol. The van der Waals surface area contributed by atoms with Gasteiger partial charge in [-0.15, -0.1) is 0 Å². The summed E-state index contributed by atoms with van der Waals surface area (Å²) in [6.45, 7) is 0. The smallest absolute Gasteiger partial charge is 0.320 e. The van der Waals surface area contributed by atoms with Crippen LogP contribution in [0.3, 0.4) is 0 Å². The molecule has 0 saturated carbocycles. The number of ether oxygens (including phenoxy) is 1. The van der Waals surface area contributed by atoms with E-state index in [2.05, 4.69) is 10.6 Å². The van der Waals surface area contributed by atoms with Crippen molar-refractivity contribution in [2.24, 2.45) is 0 Å². The van der Waals surface area contributed by atoms with Gasteiger partial charge in [0.2, 0.25) is 5.75 Å². The number of carbonyl (C=O) groups excluding carboxylic acids is 1. The first kappa shape index (κ1) is 20.0. The summed E-state index contributed by atoms with van der Waals surface area (Å²) in [5.74, 6) is -0.615. The fraction of sp³-hybridized carbons (Fsp3) is 0.0870. The number of phenolic OH excluding ortho intramolecular Hbond substituents is 1. The molecular formula is C23H19N3O5. The molecule has 0 radical (unpaired) electrons. The number of hydrogen-bond acceptors (Lipinski definition) is 5. The van der Waals surface area contributed by atoms with Crippen molar-refractivity contribution < 1.29 is 19.6 Å². The number of nitro groups is 1. The standard InChI is InChI=1S/C23H19N3O5/c1-31-18-13-16(12-17(22(18)27)26(29)30)21-19(14-8-4-2-5-9-14)20(24-23(28)25-21)15-10-6-3-7-11-15/h2-13,21,27H,1H3,(H2,24,25,28). The fourth-order valence-corrected chi connectivity index (χ4v) is 3.65. The highest BCUT2D eigenvalue weighted by Gasteiger charge is 2.32. The fourth-order valence-electron chi connectivity index (χ4n) is 3.65. The van der Waals surface area contributed by atoms with Gasteiger partial charge in [0.25, 0.3) is 0 Å². The molecule has 8 nitrogen and oxygen atoms in total. The lowest BCUT2D eigenvalue weighted by Crippen LogP contribution is -2.43. The zero-order valence-electron chi connectivity index (χ0n) is 16.5. The molecular weight excluding hydrogens is 398 g/mol. The lowest BCUT2D eigenvalue weighted by Gasteiger charge is -2.31. The quantitative estimate of drug-likeness (QED) is 0.425. The monoisotopic (exact) mass is 417 g/mol. The van der Waals surface area contributed by atoms with Gasteiger partial charge in [0.15, 0.2) is 5.75 Å². The zero-order valence-corrected chi connectivity index (χ0v) is 16.5. The van der Waals surface area contributed by atoms with Crippen molar-refractivity contribution in [1.82, 2.24) is 10.6 Å². The van der Waals surface area contributed by atoms with E-state index in [0.29, 0.717) is 11.3 Å². The third-order valence-corrected chi connectivity index (χ3v) is 5.05. The summed E-state index contributed by atoms with van der Waals surface area (Å²) in [6.07, 6.45) is 0. The minimum atomic E-state index is -0.723. The second-order valence-electron chi connectivity index (χ2n) is 6.90. The van der Waals surface area contributed by atoms with Crippen molar-refractivity contribution in [2.75, 3.05) is 7.11 Å². The molecule has 1 unspecified atom stereocenters. The summed E-state index contributed by atoms with van der Waals surface area (Å²) in [5, 5.41) is 27.4. The third-order valence-electron chi connectivity index (χ3n) is 5.05. The maximum Gasteiger partial charge on any atom is 0.320 e. The first-order valence-corrected chi connectivity index (χ1v) is 9.47. The number of nitrogens with one attached hydrogen (secondary N) is 2. The van der Waals surface area contributed by atoms with Crippen LogP contribution in [0.15, 0.2) is 72.8 Å². The average molecular weight is 417 g/mol. The Balaban J connectivity index is 1.99. The number of phenols is 1. The van der Waals surface area contributed by atoms with Crippen molar-refractivity contribution in [2.45, 2.75) is 6.04 Å². The van der Waals surface area contributed by atoms with Crippen molar-refractivity contribution in [3.63, 3.8) is 0 Å². The van der Waals surface area contributed by atoms with Gasteiger partial charge in [-0.05, 0) is 22.8 Å². The third kappa shape index (κ3) is 3.78. The zero-order chi connectivity index (χ0) is 22.0. The maximum absolute atomic E-state index is 12.6. The topological polar surface area (TPSA) is 114 Å². The lowest BCUT2D eigenvalue weighted by atomic mass is 9.87. The molecule has 8 heteroatoms. The highest BCUT2D eigenvalue weighted by atomic mass is 16.6. The molecule has 1 heterocycles. The van der Waals surface area contributed by atoms with E-state index in [1.54, 1.807) is 0 Å². The lowest BCUT2D eigenvalue weighted by molar-refractivity contribution is -0.386. The van der Waals surface area contributed by atoms with Crippen molar-refractivity contribution >= 4 is 23.0 Å². The summed E-state index contributed by atoms with van der Waals surface area (Å²) >= 11 is 0. The summed E-state index contributed by atoms with van der Waals surface area (Å²) < 4.78 is 5.15. The molecule has 4 rings (SSSR count). The summed E-state index contributed by atoms with van der Waals surface area (Å²) in [4.78, 5) is 23.4. The normalized spacial score (nSPS) is 15.8. The van der Waals surface area contributed by atoms with E-state index >= 15 is 0 Å². The number of nitrogens with zero attached hydrogens (tertiary/aromatic N) is 1. The molecule has 2 amide bonds. The number of urea groups is 1. The number of methoxy groups -OCH3 is 1. The number of rotatable bonds is 5. The first-order valence-electron chi connectivity index (χ1n) is 9.47. The number of hydrogen-bond donors (Lipinski definition) is 3. The molecule has 31 heavy (non-hydrogen) atoms. The Hall–Kier alpha value is -4.33. The minimum absolute atomic E-state index is 0.0503. The minimum Gasteiger partial charge on any atom is -0.500 e. The van der Waals surface area contributed by atoms with Gasteiger partial charge in [-0.1, -0.05) is 60.7 Å². The highest BCUT2D eigenvalue weighted by Crippen LogP contribution is 2.43. The van der Waals surface area contributed by atoms with E-state index in [4.69, 9.17) is 4.74 Å². The van der Waals surface area contributed by atoms with Gasteiger partial charge < -0.3 is 20.5 Å². The van der Waals surface area contributed by atoms with Gasteiger partial charge in [-0.25, -0.2) is 4.79 Å². The van der Waals surface area contributed by atoms with Crippen LogP contribution in [-0.2, 0) is 0 Å². The molecule has 3 N–H and O–H groups in total. The van der Waals surface area contributed by atoms with E-state index in [-0.39, 0.29) is 5.75 Å². The molecule has 0 aliphatic carbocycles. The SMILES string of the molecule is COc1cc(C2NC(=O)NC(c3ccccc3)=C2c2ccccc2)cc([N+](=O)[O-])c1O. The Bertz CT molecular complexity index is 1180. The molecule has 0 spiro atoms. The molecule has 3 aromatic rings. The molecule has 1 aliphatic rings. The van der Waals surface area contributed by atoms with Gasteiger partial charge in [-0.2, -0.15) is 0 Å². The van der Waals surface area contributed by atoms with Gasteiger partial charge in [0, 0.05) is 11.6 Å². The van der Waals surface area contributed by atoms with Crippen LogP contribution >= 0.6 is 0 Å². The van der Waals surface area contributed by atoms with E-state index in [0.717, 1.165) is 16.7 Å². The van der Waals surface area contributed by atoms with Crippen LogP contribution in [0.4, 0.5) is 10.5 Å². The molecule has 1 atom stereocenters. The number of carbonyl (C=O) groups is 1. The number of amides is 2. The Kier molecular flexibility index (Phi) is 5.28. The van der Waals surface area contributed by atoms with Gasteiger partial charge in [0.1, 0.15) is 0 Å². The summed E-state index contributed by atoms with van der Waals surface area (Å²) in [6, 6.07) is 20.4. The molecule has 0 saturated heterocycles. The Morgan fingerprint density at radius 2 is 1.61 bits per heavy atom. The van der Waals surface area contributed by atoms with Crippen molar-refractivity contribution in [3.05, 3.63) is 99.6 Å². The summed E-state index contributed by atoms with van der Waals surface area (Å²) in [7, 11) is 1.31. The van der Waals surface area contributed by atoms with Crippen LogP contribution < -0.4 is 15.4 Å². The van der Waals surface area contributed by atoms with E-state index < -0.39 is 28.4 Å². The van der Waals surface area contributed by atoms with Crippen molar-refractivity contribution in [3.8, 4) is 11.5 Å². The van der Waals surface area contributed by atoms with Crippen LogP contribution in [0.5, 0.6) is 11.5 Å². The van der Waals surface area contributed by atoms with Crippen LogP contribution in [-0.4, -0.2) is 23.2 Å². The molecule has 1 aliphatic heterocycles. The Morgan fingerprint density at radius 1 is 1.00 bits per heavy atom. The first-order chi connectivity index (χ1) is 15.0. The Morgan fingerprint density at radius 3 is 2.19 bits per heavy atom. The van der Waals surface area contributed by atoms with Crippen LogP contribution in [0.25, 0.3) is 11.3 Å². The molecule has 0 aromatic heterocycles. The van der Waals surface area contributed by atoms with Crippen LogP contribution in [0.2, 0.25) is 0 Å². The predicted octanol–water partition coefficient (Wildman–Crippen LogP) is 4.23. The van der Waals surface area contributed by atoms with E-state index in [1.807, 2.05) is 60.7 Å². The van der Waals surface area contributed by atoms with Crippen LogP contribution in [0, 0.1) is 10.1 Å². The van der Waals surface area contributed by atoms with Gasteiger partial charge in [-0.3, -0.25) is 10.1 Å². The second kappa shape index (κ2) is 8.19. The molecule has 0 fully saturated rings. The maximum atomic E-state index is 12.6. The number of nitro benzene ring substituents is 1.